The monoisotopic (exact) mass is 307 g/mol. The van der Waals surface area contributed by atoms with Gasteiger partial charge in [0, 0.05) is 24.7 Å². The summed E-state index contributed by atoms with van der Waals surface area (Å²) in [5.41, 5.74) is 3.17. The van der Waals surface area contributed by atoms with Crippen LogP contribution in [0, 0.1) is 23.7 Å². The third-order valence-electron chi connectivity index (χ3n) is 4.51. The maximum atomic E-state index is 5.41. The number of aromatic nitrogens is 3. The van der Waals surface area contributed by atoms with E-state index in [-0.39, 0.29) is 0 Å². The van der Waals surface area contributed by atoms with Crippen LogP contribution in [0.4, 0.5) is 0 Å². The van der Waals surface area contributed by atoms with E-state index in [2.05, 4.69) is 46.4 Å². The maximum absolute atomic E-state index is 5.41. The van der Waals surface area contributed by atoms with E-state index in [1.807, 2.05) is 10.9 Å². The van der Waals surface area contributed by atoms with E-state index < -0.39 is 0 Å². The average molecular weight is 307 g/mol. The highest BCUT2D eigenvalue weighted by molar-refractivity contribution is 5.41. The summed E-state index contributed by atoms with van der Waals surface area (Å²) >= 11 is 0. The lowest BCUT2D eigenvalue weighted by atomic mass is 9.95. The molecule has 2 fully saturated rings. The SMILES string of the molecule is C(#CC1CC1)c1ccc(-n2cc(CC3CCOCC3)nn2)cc1. The number of nitrogens with zero attached hydrogens (tertiary/aromatic N) is 3. The standard InChI is InChI=1S/C19H21N3O/c1-2-15(1)3-4-16-5-7-19(8-6-16)22-14-18(20-21-22)13-17-9-11-23-12-10-17/h5-8,14-15,17H,1-2,9-13H2. The van der Waals surface area contributed by atoms with Crippen molar-refractivity contribution in [2.75, 3.05) is 13.2 Å². The van der Waals surface area contributed by atoms with Crippen molar-refractivity contribution in [3.8, 4) is 17.5 Å². The topological polar surface area (TPSA) is 39.9 Å². The smallest absolute Gasteiger partial charge is 0.0834 e. The van der Waals surface area contributed by atoms with Gasteiger partial charge >= 0.3 is 0 Å². The molecule has 1 saturated heterocycles. The van der Waals surface area contributed by atoms with Crippen molar-refractivity contribution in [3.05, 3.63) is 41.7 Å². The fraction of sp³-hybridized carbons (Fsp3) is 0.474. The first-order valence-corrected chi connectivity index (χ1v) is 8.48. The van der Waals surface area contributed by atoms with Gasteiger partial charge in [-0.2, -0.15) is 0 Å². The Kier molecular flexibility index (Phi) is 4.12. The lowest BCUT2D eigenvalue weighted by molar-refractivity contribution is 0.0662. The molecule has 0 N–H and O–H groups in total. The van der Waals surface area contributed by atoms with Gasteiger partial charge in [0.05, 0.1) is 17.6 Å². The van der Waals surface area contributed by atoms with Gasteiger partial charge in [0.15, 0.2) is 0 Å². The Balaban J connectivity index is 1.42. The second-order valence-electron chi connectivity index (χ2n) is 6.50. The van der Waals surface area contributed by atoms with Gasteiger partial charge in [0.1, 0.15) is 0 Å². The van der Waals surface area contributed by atoms with Gasteiger partial charge in [-0.3, -0.25) is 0 Å². The van der Waals surface area contributed by atoms with Crippen LogP contribution in [0.3, 0.4) is 0 Å². The second-order valence-corrected chi connectivity index (χ2v) is 6.50. The van der Waals surface area contributed by atoms with E-state index >= 15 is 0 Å². The third-order valence-corrected chi connectivity index (χ3v) is 4.51. The van der Waals surface area contributed by atoms with E-state index in [4.69, 9.17) is 4.74 Å². The molecule has 4 heteroatoms. The number of benzene rings is 1. The van der Waals surface area contributed by atoms with E-state index in [0.29, 0.717) is 11.8 Å². The molecule has 1 aromatic heterocycles. The molecular weight excluding hydrogens is 286 g/mol. The van der Waals surface area contributed by atoms with E-state index in [1.165, 1.54) is 12.8 Å². The number of rotatable bonds is 3. The molecule has 0 spiro atoms. The molecule has 2 aromatic rings. The Bertz CT molecular complexity index is 713. The Morgan fingerprint density at radius 2 is 1.87 bits per heavy atom. The molecule has 1 aliphatic carbocycles. The molecule has 1 aliphatic heterocycles. The van der Waals surface area contributed by atoms with Crippen LogP contribution < -0.4 is 0 Å². The Hall–Kier alpha value is -2.12. The molecular formula is C19H21N3O. The predicted molar refractivity (Wildman–Crippen MR) is 88.2 cm³/mol. The highest BCUT2D eigenvalue weighted by atomic mass is 16.5. The second kappa shape index (κ2) is 6.55. The minimum absolute atomic E-state index is 0.637. The minimum atomic E-state index is 0.637. The van der Waals surface area contributed by atoms with Crippen LogP contribution in [0.15, 0.2) is 30.5 Å². The minimum Gasteiger partial charge on any atom is -0.381 e. The Labute approximate surface area is 136 Å². The van der Waals surface area contributed by atoms with Crippen molar-refractivity contribution in [2.45, 2.75) is 32.1 Å². The summed E-state index contributed by atoms with van der Waals surface area (Å²) in [7, 11) is 0. The third kappa shape index (κ3) is 3.80. The highest BCUT2D eigenvalue weighted by Gasteiger charge is 2.18. The molecule has 1 saturated carbocycles. The summed E-state index contributed by atoms with van der Waals surface area (Å²) < 4.78 is 7.26. The fourth-order valence-electron chi connectivity index (χ4n) is 2.87. The van der Waals surface area contributed by atoms with Crippen molar-refractivity contribution in [3.63, 3.8) is 0 Å². The molecule has 0 amide bonds. The molecule has 4 rings (SSSR count). The molecule has 4 nitrogen and oxygen atoms in total. The number of hydrogen-bond acceptors (Lipinski definition) is 3. The summed E-state index contributed by atoms with van der Waals surface area (Å²) in [6.07, 6.45) is 7.82. The molecule has 0 bridgehead atoms. The zero-order valence-electron chi connectivity index (χ0n) is 13.2. The van der Waals surface area contributed by atoms with Gasteiger partial charge < -0.3 is 4.74 Å². The molecule has 2 heterocycles. The lowest BCUT2D eigenvalue weighted by Gasteiger charge is -2.20. The highest BCUT2D eigenvalue weighted by Crippen LogP contribution is 2.27. The fourth-order valence-corrected chi connectivity index (χ4v) is 2.87. The molecule has 0 radical (unpaired) electrons. The number of hydrogen-bond donors (Lipinski definition) is 0. The summed E-state index contributed by atoms with van der Waals surface area (Å²) in [4.78, 5) is 0. The van der Waals surface area contributed by atoms with Crippen LogP contribution in [0.5, 0.6) is 0 Å². The maximum Gasteiger partial charge on any atom is 0.0834 e. The van der Waals surface area contributed by atoms with Crippen molar-refractivity contribution in [2.24, 2.45) is 11.8 Å². The molecule has 0 atom stereocenters. The summed E-state index contributed by atoms with van der Waals surface area (Å²) in [6, 6.07) is 8.24. The summed E-state index contributed by atoms with van der Waals surface area (Å²) in [5.74, 6) is 7.84. The van der Waals surface area contributed by atoms with Crippen molar-refractivity contribution < 1.29 is 4.74 Å². The Morgan fingerprint density at radius 1 is 1.09 bits per heavy atom. The molecule has 1 aromatic carbocycles. The Morgan fingerprint density at radius 3 is 2.61 bits per heavy atom. The largest absolute Gasteiger partial charge is 0.381 e. The van der Waals surface area contributed by atoms with Gasteiger partial charge in [-0.1, -0.05) is 17.1 Å². The lowest BCUT2D eigenvalue weighted by Crippen LogP contribution is -2.17. The molecule has 0 unspecified atom stereocenters. The number of ether oxygens (including phenoxy) is 1. The quantitative estimate of drug-likeness (QED) is 0.818. The van der Waals surface area contributed by atoms with E-state index in [9.17, 15) is 0 Å². The van der Waals surface area contributed by atoms with Crippen LogP contribution in [0.25, 0.3) is 5.69 Å². The zero-order valence-corrected chi connectivity index (χ0v) is 13.2. The van der Waals surface area contributed by atoms with Crippen LogP contribution in [-0.4, -0.2) is 28.2 Å². The normalized spacial score (nSPS) is 18.4. The van der Waals surface area contributed by atoms with Crippen molar-refractivity contribution in [1.29, 1.82) is 0 Å². The van der Waals surface area contributed by atoms with Gasteiger partial charge in [-0.25, -0.2) is 4.68 Å². The summed E-state index contributed by atoms with van der Waals surface area (Å²) in [6.45, 7) is 1.75. The zero-order chi connectivity index (χ0) is 15.5. The first-order valence-electron chi connectivity index (χ1n) is 8.48. The molecule has 2 aliphatic rings. The average Bonchev–Trinajstić information content (AvgIpc) is 3.32. The van der Waals surface area contributed by atoms with Crippen LogP contribution in [-0.2, 0) is 11.2 Å². The van der Waals surface area contributed by atoms with Gasteiger partial charge in [0.2, 0.25) is 0 Å². The predicted octanol–water partition coefficient (Wildman–Crippen LogP) is 3.00. The van der Waals surface area contributed by atoms with Crippen molar-refractivity contribution >= 4 is 0 Å². The van der Waals surface area contributed by atoms with Gasteiger partial charge in [0.25, 0.3) is 0 Å². The van der Waals surface area contributed by atoms with Crippen molar-refractivity contribution in [1.82, 2.24) is 15.0 Å². The van der Waals surface area contributed by atoms with E-state index in [0.717, 1.165) is 49.4 Å². The molecule has 23 heavy (non-hydrogen) atoms. The van der Waals surface area contributed by atoms with Crippen LogP contribution in [0.1, 0.15) is 36.9 Å². The van der Waals surface area contributed by atoms with E-state index in [1.54, 1.807) is 0 Å². The van der Waals surface area contributed by atoms with Crippen LogP contribution >= 0.6 is 0 Å². The molecule has 118 valence electrons. The van der Waals surface area contributed by atoms with Gasteiger partial charge in [-0.15, -0.1) is 5.10 Å². The first kappa shape index (κ1) is 14.5. The van der Waals surface area contributed by atoms with Crippen LogP contribution in [0.2, 0.25) is 0 Å². The summed E-state index contributed by atoms with van der Waals surface area (Å²) in [5, 5.41) is 8.59. The van der Waals surface area contributed by atoms with Gasteiger partial charge in [-0.05, 0) is 62.3 Å². The first-order chi connectivity index (χ1) is 11.4.